The maximum atomic E-state index is 6.03. The van der Waals surface area contributed by atoms with E-state index >= 15 is 0 Å². The highest BCUT2D eigenvalue weighted by atomic mass is 32.2. The molecule has 7 heteroatoms. The molecule has 1 aliphatic rings. The summed E-state index contributed by atoms with van der Waals surface area (Å²) in [6.45, 7) is 8.79. The molecule has 0 bridgehead atoms. The summed E-state index contributed by atoms with van der Waals surface area (Å²) < 4.78 is 6.03. The van der Waals surface area contributed by atoms with Crippen LogP contribution in [0.4, 0.5) is 5.82 Å². The summed E-state index contributed by atoms with van der Waals surface area (Å²) in [5.74, 6) is 1.79. The van der Waals surface area contributed by atoms with Gasteiger partial charge < -0.3 is 9.64 Å². The normalized spacial score (nSPS) is 17.5. The Labute approximate surface area is 180 Å². The summed E-state index contributed by atoms with van der Waals surface area (Å²) in [7, 11) is 0. The van der Waals surface area contributed by atoms with Gasteiger partial charge in [-0.25, -0.2) is 9.97 Å². The lowest BCUT2D eigenvalue weighted by Crippen LogP contribution is -2.39. The lowest BCUT2D eigenvalue weighted by molar-refractivity contribution is 0.0391. The Morgan fingerprint density at radius 1 is 1.17 bits per heavy atom. The number of benzene rings is 1. The van der Waals surface area contributed by atoms with Crippen LogP contribution < -0.4 is 4.90 Å². The third kappa shape index (κ3) is 5.15. The first-order valence-electron chi connectivity index (χ1n) is 9.80. The van der Waals surface area contributed by atoms with Crippen molar-refractivity contribution in [2.75, 3.05) is 24.6 Å². The van der Waals surface area contributed by atoms with E-state index in [1.165, 1.54) is 5.56 Å². The summed E-state index contributed by atoms with van der Waals surface area (Å²) in [5, 5.41) is 4.14. The molecule has 0 radical (unpaired) electrons. The van der Waals surface area contributed by atoms with Gasteiger partial charge in [0.15, 0.2) is 0 Å². The maximum Gasteiger partial charge on any atom is 0.148 e. The Kier molecular flexibility index (Phi) is 6.18. The van der Waals surface area contributed by atoms with Gasteiger partial charge in [0.1, 0.15) is 22.0 Å². The molecule has 0 saturated carbocycles. The molecule has 1 saturated heterocycles. The van der Waals surface area contributed by atoms with Crippen molar-refractivity contribution in [3.05, 3.63) is 64.4 Å². The number of hydrogen-bond donors (Lipinski definition) is 0. The average Bonchev–Trinajstić information content (AvgIpc) is 3.24. The van der Waals surface area contributed by atoms with Crippen molar-refractivity contribution in [1.29, 1.82) is 0 Å². The Morgan fingerprint density at radius 2 is 2.00 bits per heavy atom. The standard InChI is InChI=1S/C22H26N4OS2/c1-22(2,3)18-15-29-21(24-18)17-13-26(9-10-27-17)19-11-23-12-20(25-19)28-14-16-7-5-4-6-8-16/h4-8,11-12,15,17H,9-10,13-14H2,1-3H3. The SMILES string of the molecule is CC(C)(C)c1csc(C2CN(c3cncc(SCc4ccccc4)n3)CCO2)n1. The van der Waals surface area contributed by atoms with Crippen LogP contribution in [-0.2, 0) is 15.9 Å². The molecule has 1 unspecified atom stereocenters. The molecule has 152 valence electrons. The number of anilines is 1. The minimum absolute atomic E-state index is 0.0210. The Bertz CT molecular complexity index is 939. The molecule has 0 aliphatic carbocycles. The Hall–Kier alpha value is -1.96. The van der Waals surface area contributed by atoms with Gasteiger partial charge in [-0.3, -0.25) is 4.98 Å². The van der Waals surface area contributed by atoms with Crippen molar-refractivity contribution in [2.24, 2.45) is 0 Å². The van der Waals surface area contributed by atoms with E-state index in [1.807, 2.05) is 18.5 Å². The number of ether oxygens (including phenoxy) is 1. The molecule has 2 aromatic heterocycles. The van der Waals surface area contributed by atoms with Gasteiger partial charge in [0.05, 0.1) is 31.2 Å². The highest BCUT2D eigenvalue weighted by Gasteiger charge is 2.27. The molecule has 3 aromatic rings. The lowest BCUT2D eigenvalue weighted by atomic mass is 9.93. The predicted octanol–water partition coefficient (Wildman–Crippen LogP) is 5.10. The van der Waals surface area contributed by atoms with Crippen molar-refractivity contribution >= 4 is 28.9 Å². The van der Waals surface area contributed by atoms with Crippen molar-refractivity contribution in [1.82, 2.24) is 15.0 Å². The van der Waals surface area contributed by atoms with Crippen molar-refractivity contribution in [3.63, 3.8) is 0 Å². The van der Waals surface area contributed by atoms with Gasteiger partial charge in [0.25, 0.3) is 0 Å². The highest BCUT2D eigenvalue weighted by molar-refractivity contribution is 7.98. The first kappa shape index (κ1) is 20.3. The summed E-state index contributed by atoms with van der Waals surface area (Å²) >= 11 is 3.40. The second-order valence-corrected chi connectivity index (χ2v) is 10.0. The number of aromatic nitrogens is 3. The van der Waals surface area contributed by atoms with Gasteiger partial charge in [-0.1, -0.05) is 51.1 Å². The zero-order chi connectivity index (χ0) is 20.3. The van der Waals surface area contributed by atoms with Gasteiger partial charge >= 0.3 is 0 Å². The number of morpholine rings is 1. The van der Waals surface area contributed by atoms with Crippen LogP contribution in [0.5, 0.6) is 0 Å². The first-order chi connectivity index (χ1) is 14.0. The quantitative estimate of drug-likeness (QED) is 0.529. The zero-order valence-corrected chi connectivity index (χ0v) is 18.7. The van der Waals surface area contributed by atoms with Crippen LogP contribution in [0.1, 0.15) is 43.1 Å². The fourth-order valence-electron chi connectivity index (χ4n) is 3.08. The largest absolute Gasteiger partial charge is 0.367 e. The van der Waals surface area contributed by atoms with Gasteiger partial charge in [-0.05, 0) is 5.56 Å². The van der Waals surface area contributed by atoms with E-state index in [9.17, 15) is 0 Å². The monoisotopic (exact) mass is 426 g/mol. The van der Waals surface area contributed by atoms with Crippen molar-refractivity contribution < 1.29 is 4.74 Å². The lowest BCUT2D eigenvalue weighted by Gasteiger charge is -2.32. The molecule has 1 fully saturated rings. The molecule has 0 N–H and O–H groups in total. The molecular weight excluding hydrogens is 400 g/mol. The summed E-state index contributed by atoms with van der Waals surface area (Å²) in [6, 6.07) is 10.4. The zero-order valence-electron chi connectivity index (χ0n) is 17.0. The molecule has 0 spiro atoms. The Morgan fingerprint density at radius 3 is 2.76 bits per heavy atom. The molecule has 29 heavy (non-hydrogen) atoms. The van der Waals surface area contributed by atoms with Gasteiger partial charge in [0, 0.05) is 23.1 Å². The number of rotatable bonds is 5. The van der Waals surface area contributed by atoms with Gasteiger partial charge in [-0.2, -0.15) is 0 Å². The van der Waals surface area contributed by atoms with Crippen LogP contribution in [0.2, 0.25) is 0 Å². The number of thiazole rings is 1. The fourth-order valence-corrected chi connectivity index (χ4v) is 4.96. The minimum atomic E-state index is -0.0210. The fraction of sp³-hybridized carbons (Fsp3) is 0.409. The van der Waals surface area contributed by atoms with Gasteiger partial charge in [0.2, 0.25) is 0 Å². The van der Waals surface area contributed by atoms with E-state index < -0.39 is 0 Å². The van der Waals surface area contributed by atoms with Crippen LogP contribution in [-0.4, -0.2) is 34.6 Å². The average molecular weight is 427 g/mol. The Balaban J connectivity index is 1.43. The summed E-state index contributed by atoms with van der Waals surface area (Å²) in [6.07, 6.45) is 3.66. The van der Waals surface area contributed by atoms with Crippen LogP contribution >= 0.6 is 23.1 Å². The third-order valence-corrected chi connectivity index (χ3v) is 6.69. The van der Waals surface area contributed by atoms with Crippen LogP contribution in [0.15, 0.2) is 53.1 Å². The van der Waals surface area contributed by atoms with E-state index in [4.69, 9.17) is 14.7 Å². The predicted molar refractivity (Wildman–Crippen MR) is 120 cm³/mol. The van der Waals surface area contributed by atoms with E-state index in [0.717, 1.165) is 40.4 Å². The third-order valence-electron chi connectivity index (χ3n) is 4.79. The minimum Gasteiger partial charge on any atom is -0.367 e. The topological polar surface area (TPSA) is 51.1 Å². The van der Waals surface area contributed by atoms with Gasteiger partial charge in [-0.15, -0.1) is 23.1 Å². The number of nitrogens with zero attached hydrogens (tertiary/aromatic N) is 4. The second kappa shape index (κ2) is 8.81. The molecular formula is C22H26N4OS2. The summed E-state index contributed by atoms with van der Waals surface area (Å²) in [4.78, 5) is 16.4. The molecule has 5 nitrogen and oxygen atoms in total. The molecule has 3 heterocycles. The smallest absolute Gasteiger partial charge is 0.148 e. The first-order valence-corrected chi connectivity index (χ1v) is 11.7. The van der Waals surface area contributed by atoms with E-state index in [0.29, 0.717) is 6.61 Å². The highest BCUT2D eigenvalue weighted by Crippen LogP contribution is 2.31. The number of hydrogen-bond acceptors (Lipinski definition) is 7. The van der Waals surface area contributed by atoms with E-state index in [2.05, 4.69) is 60.3 Å². The van der Waals surface area contributed by atoms with E-state index in [1.54, 1.807) is 23.1 Å². The van der Waals surface area contributed by atoms with Crippen LogP contribution in [0, 0.1) is 0 Å². The maximum absolute atomic E-state index is 6.03. The molecule has 0 amide bonds. The number of thioether (sulfide) groups is 1. The van der Waals surface area contributed by atoms with Crippen LogP contribution in [0.25, 0.3) is 0 Å². The molecule has 4 rings (SSSR count). The van der Waals surface area contributed by atoms with Crippen molar-refractivity contribution in [2.45, 2.75) is 43.1 Å². The van der Waals surface area contributed by atoms with E-state index in [-0.39, 0.29) is 11.5 Å². The summed E-state index contributed by atoms with van der Waals surface area (Å²) in [5.41, 5.74) is 2.46. The van der Waals surface area contributed by atoms with Crippen molar-refractivity contribution in [3.8, 4) is 0 Å². The molecule has 1 aliphatic heterocycles. The second-order valence-electron chi connectivity index (χ2n) is 8.12. The van der Waals surface area contributed by atoms with Crippen LogP contribution in [0.3, 0.4) is 0 Å². The molecule has 1 atom stereocenters. The molecule has 1 aromatic carbocycles.